The van der Waals surface area contributed by atoms with Gasteiger partial charge >= 0.3 is 0 Å². The Morgan fingerprint density at radius 2 is 1.87 bits per heavy atom. The van der Waals surface area contributed by atoms with Crippen molar-refractivity contribution in [3.05, 3.63) is 48.7 Å². The van der Waals surface area contributed by atoms with E-state index in [-0.39, 0.29) is 18.3 Å². The molecule has 0 aliphatic carbocycles. The van der Waals surface area contributed by atoms with Gasteiger partial charge in [-0.1, -0.05) is 44.2 Å². The van der Waals surface area contributed by atoms with E-state index < -0.39 is 0 Å². The Labute approximate surface area is 137 Å². The van der Waals surface area contributed by atoms with Crippen LogP contribution in [0.1, 0.15) is 20.3 Å². The fourth-order valence-electron chi connectivity index (χ4n) is 2.01. The summed E-state index contributed by atoms with van der Waals surface area (Å²) in [6.45, 7) is 4.82. The molecule has 0 spiro atoms. The molecule has 1 atom stereocenters. The molecule has 0 saturated heterocycles. The average Bonchev–Trinajstić information content (AvgIpc) is 2.61. The van der Waals surface area contributed by atoms with Gasteiger partial charge in [-0.05, 0) is 18.1 Å². The Kier molecular flexibility index (Phi) is 6.76. The maximum atomic E-state index is 11.6. The van der Waals surface area contributed by atoms with E-state index in [1.807, 2.05) is 56.3 Å². The first kappa shape index (κ1) is 17.2. The lowest BCUT2D eigenvalue weighted by molar-refractivity contribution is -0.127. The molecule has 0 N–H and O–H groups in total. The second kappa shape index (κ2) is 9.06. The number of hydrogen-bond donors (Lipinski definition) is 0. The van der Waals surface area contributed by atoms with Crippen LogP contribution in [0.4, 0.5) is 0 Å². The maximum Gasteiger partial charge on any atom is 0.213 e. The lowest BCUT2D eigenvalue weighted by Gasteiger charge is -2.09. The number of rotatable bonds is 9. The van der Waals surface area contributed by atoms with Crippen molar-refractivity contribution in [3.8, 4) is 17.0 Å². The fraction of sp³-hybridized carbons (Fsp3) is 0.368. The van der Waals surface area contributed by atoms with Crippen LogP contribution in [0.5, 0.6) is 5.88 Å². The lowest BCUT2D eigenvalue weighted by Crippen LogP contribution is -2.19. The van der Waals surface area contributed by atoms with E-state index in [4.69, 9.17) is 9.47 Å². The van der Waals surface area contributed by atoms with Crippen LogP contribution >= 0.6 is 0 Å². The number of carbonyl (C=O) groups is 1. The Bertz CT molecular complexity index is 596. The van der Waals surface area contributed by atoms with Crippen LogP contribution in [-0.4, -0.2) is 30.6 Å². The molecule has 2 aromatic rings. The number of carbonyl (C=O) groups excluding carboxylic acids is 1. The summed E-state index contributed by atoms with van der Waals surface area (Å²) < 4.78 is 10.8. The second-order valence-corrected chi connectivity index (χ2v) is 5.43. The molecule has 1 aromatic carbocycles. The van der Waals surface area contributed by atoms with Crippen LogP contribution in [0.15, 0.2) is 48.7 Å². The van der Waals surface area contributed by atoms with E-state index in [1.54, 1.807) is 6.20 Å². The zero-order valence-corrected chi connectivity index (χ0v) is 13.7. The minimum Gasteiger partial charge on any atom is -0.475 e. The predicted molar refractivity (Wildman–Crippen MR) is 90.4 cm³/mol. The van der Waals surface area contributed by atoms with Crippen molar-refractivity contribution in [1.29, 1.82) is 0 Å². The van der Waals surface area contributed by atoms with Crippen molar-refractivity contribution in [3.63, 3.8) is 0 Å². The summed E-state index contributed by atoms with van der Waals surface area (Å²) in [5, 5.41) is 0. The summed E-state index contributed by atoms with van der Waals surface area (Å²) in [5.41, 5.74) is 2.17. The third kappa shape index (κ3) is 5.49. The fourth-order valence-corrected chi connectivity index (χ4v) is 2.01. The average molecular weight is 313 g/mol. The first-order chi connectivity index (χ1) is 11.2. The van der Waals surface area contributed by atoms with Crippen LogP contribution in [0.25, 0.3) is 11.1 Å². The van der Waals surface area contributed by atoms with Gasteiger partial charge in [-0.15, -0.1) is 0 Å². The quantitative estimate of drug-likeness (QED) is 0.661. The molecule has 1 heterocycles. The van der Waals surface area contributed by atoms with Gasteiger partial charge in [0, 0.05) is 23.7 Å². The van der Waals surface area contributed by atoms with E-state index >= 15 is 0 Å². The molecule has 0 amide bonds. The monoisotopic (exact) mass is 313 g/mol. The zero-order valence-electron chi connectivity index (χ0n) is 13.7. The standard InChI is InChI=1S/C19H23NO3/c1-3-15(2)18(21)14-22-11-12-23-19-10-9-17(13-20-19)16-7-5-4-6-8-16/h4-10,13,15H,3,11-12,14H2,1-2H3. The molecule has 0 saturated carbocycles. The molecular formula is C19H23NO3. The Morgan fingerprint density at radius 1 is 1.09 bits per heavy atom. The van der Waals surface area contributed by atoms with Gasteiger partial charge in [0.1, 0.15) is 13.2 Å². The molecule has 2 rings (SSSR count). The topological polar surface area (TPSA) is 48.4 Å². The highest BCUT2D eigenvalue weighted by Crippen LogP contribution is 2.19. The van der Waals surface area contributed by atoms with E-state index in [9.17, 15) is 4.79 Å². The van der Waals surface area contributed by atoms with Gasteiger partial charge in [0.05, 0.1) is 6.61 Å². The summed E-state index contributed by atoms with van der Waals surface area (Å²) in [4.78, 5) is 15.9. The smallest absolute Gasteiger partial charge is 0.213 e. The summed E-state index contributed by atoms with van der Waals surface area (Å²) in [7, 11) is 0. The number of aromatic nitrogens is 1. The van der Waals surface area contributed by atoms with E-state index in [0.717, 1.165) is 17.5 Å². The highest BCUT2D eigenvalue weighted by atomic mass is 16.5. The predicted octanol–water partition coefficient (Wildman–Crippen LogP) is 3.76. The zero-order chi connectivity index (χ0) is 16.5. The van der Waals surface area contributed by atoms with Crippen LogP contribution in [0.3, 0.4) is 0 Å². The van der Waals surface area contributed by atoms with Gasteiger partial charge in [-0.25, -0.2) is 4.98 Å². The van der Waals surface area contributed by atoms with Crippen LogP contribution in [-0.2, 0) is 9.53 Å². The van der Waals surface area contributed by atoms with Crippen molar-refractivity contribution < 1.29 is 14.3 Å². The second-order valence-electron chi connectivity index (χ2n) is 5.43. The number of ketones is 1. The van der Waals surface area contributed by atoms with Gasteiger partial charge in [0.15, 0.2) is 5.78 Å². The molecule has 0 bridgehead atoms. The number of hydrogen-bond acceptors (Lipinski definition) is 4. The van der Waals surface area contributed by atoms with Gasteiger partial charge in [0.25, 0.3) is 0 Å². The molecule has 0 aliphatic heterocycles. The Hall–Kier alpha value is -2.20. The van der Waals surface area contributed by atoms with Crippen LogP contribution in [0.2, 0.25) is 0 Å². The minimum absolute atomic E-state index is 0.0584. The largest absolute Gasteiger partial charge is 0.475 e. The summed E-state index contributed by atoms with van der Waals surface area (Å²) >= 11 is 0. The molecule has 0 radical (unpaired) electrons. The number of pyridine rings is 1. The van der Waals surface area contributed by atoms with Gasteiger partial charge in [0.2, 0.25) is 5.88 Å². The first-order valence-corrected chi connectivity index (χ1v) is 7.95. The summed E-state index contributed by atoms with van der Waals surface area (Å²) in [6, 6.07) is 13.9. The normalized spacial score (nSPS) is 11.9. The third-order valence-electron chi connectivity index (χ3n) is 3.73. The van der Waals surface area contributed by atoms with E-state index in [2.05, 4.69) is 4.98 Å². The molecule has 0 aliphatic rings. The van der Waals surface area contributed by atoms with Crippen molar-refractivity contribution in [2.75, 3.05) is 19.8 Å². The third-order valence-corrected chi connectivity index (χ3v) is 3.73. The number of benzene rings is 1. The van der Waals surface area contributed by atoms with E-state index in [1.165, 1.54) is 0 Å². The van der Waals surface area contributed by atoms with Crippen molar-refractivity contribution in [1.82, 2.24) is 4.98 Å². The molecule has 122 valence electrons. The Balaban J connectivity index is 1.72. The number of Topliss-reactive ketones (excluding diaryl/α,β-unsaturated/α-hetero) is 1. The molecule has 4 heteroatoms. The SMILES string of the molecule is CCC(C)C(=O)COCCOc1ccc(-c2ccccc2)cn1. The molecule has 23 heavy (non-hydrogen) atoms. The van der Waals surface area contributed by atoms with Crippen LogP contribution in [0, 0.1) is 5.92 Å². The molecule has 4 nitrogen and oxygen atoms in total. The van der Waals surface area contributed by atoms with Crippen molar-refractivity contribution >= 4 is 5.78 Å². The number of nitrogens with zero attached hydrogens (tertiary/aromatic N) is 1. The van der Waals surface area contributed by atoms with Gasteiger partial charge in [-0.3, -0.25) is 4.79 Å². The van der Waals surface area contributed by atoms with Crippen LogP contribution < -0.4 is 4.74 Å². The van der Waals surface area contributed by atoms with Crippen molar-refractivity contribution in [2.45, 2.75) is 20.3 Å². The highest BCUT2D eigenvalue weighted by Gasteiger charge is 2.10. The molecular weight excluding hydrogens is 290 g/mol. The summed E-state index contributed by atoms with van der Waals surface area (Å²) in [6.07, 6.45) is 2.63. The number of ether oxygens (including phenoxy) is 2. The van der Waals surface area contributed by atoms with Crippen molar-refractivity contribution in [2.24, 2.45) is 5.92 Å². The Morgan fingerprint density at radius 3 is 2.52 bits per heavy atom. The maximum absolute atomic E-state index is 11.6. The van der Waals surface area contributed by atoms with Gasteiger partial charge in [-0.2, -0.15) is 0 Å². The molecule has 1 aromatic heterocycles. The lowest BCUT2D eigenvalue weighted by atomic mass is 10.1. The summed E-state index contributed by atoms with van der Waals surface area (Å²) in [5.74, 6) is 0.752. The molecule has 0 fully saturated rings. The first-order valence-electron chi connectivity index (χ1n) is 7.95. The highest BCUT2D eigenvalue weighted by molar-refractivity contribution is 5.81. The van der Waals surface area contributed by atoms with Gasteiger partial charge < -0.3 is 9.47 Å². The van der Waals surface area contributed by atoms with E-state index in [0.29, 0.717) is 19.1 Å². The minimum atomic E-state index is 0.0584. The molecule has 1 unspecified atom stereocenters.